The lowest BCUT2D eigenvalue weighted by atomic mass is 10.0. The number of rotatable bonds is 8. The van der Waals surface area contributed by atoms with Gasteiger partial charge in [-0.1, -0.05) is 0 Å². The van der Waals surface area contributed by atoms with E-state index in [0.717, 1.165) is 31.6 Å². The van der Waals surface area contributed by atoms with Crippen LogP contribution in [0.3, 0.4) is 0 Å². The standard InChI is InChI=1S/C19H27N3O4.HI/c1-19(23,17-7-4-12-26-17)14-22-18(21-13-16-6-3-11-25-16)20-9-8-15-5-2-10-24-15;/h2,4-5,7,10,12,16,23H,3,6,8-9,11,13-14H2,1H3,(H2,20,21,22);1H. The highest BCUT2D eigenvalue weighted by Crippen LogP contribution is 2.21. The molecule has 0 aliphatic carbocycles. The van der Waals surface area contributed by atoms with E-state index < -0.39 is 5.60 Å². The molecule has 150 valence electrons. The van der Waals surface area contributed by atoms with Gasteiger partial charge in [-0.3, -0.25) is 0 Å². The van der Waals surface area contributed by atoms with Crippen molar-refractivity contribution in [3.63, 3.8) is 0 Å². The highest BCUT2D eigenvalue weighted by molar-refractivity contribution is 14.0. The molecule has 0 radical (unpaired) electrons. The SMILES string of the molecule is CC(O)(CN=C(NCCc1ccco1)NCC1CCCO1)c1ccco1.I. The molecule has 0 bridgehead atoms. The quantitative estimate of drug-likeness (QED) is 0.300. The van der Waals surface area contributed by atoms with Crippen LogP contribution < -0.4 is 10.6 Å². The second kappa shape index (κ2) is 10.7. The minimum Gasteiger partial charge on any atom is -0.469 e. The molecule has 0 aromatic carbocycles. The lowest BCUT2D eigenvalue weighted by Gasteiger charge is -2.20. The fourth-order valence-corrected chi connectivity index (χ4v) is 2.85. The van der Waals surface area contributed by atoms with Gasteiger partial charge in [-0.05, 0) is 44.0 Å². The molecule has 1 saturated heterocycles. The van der Waals surface area contributed by atoms with Crippen LogP contribution in [0, 0.1) is 0 Å². The van der Waals surface area contributed by atoms with Crippen molar-refractivity contribution in [1.29, 1.82) is 0 Å². The Morgan fingerprint density at radius 3 is 2.74 bits per heavy atom. The molecule has 2 aromatic rings. The first-order chi connectivity index (χ1) is 12.6. The van der Waals surface area contributed by atoms with Crippen molar-refractivity contribution >= 4 is 29.9 Å². The number of furan rings is 2. The van der Waals surface area contributed by atoms with Gasteiger partial charge in [-0.15, -0.1) is 24.0 Å². The third-order valence-corrected chi connectivity index (χ3v) is 4.36. The van der Waals surface area contributed by atoms with Crippen LogP contribution in [0.1, 0.15) is 31.3 Å². The number of halogens is 1. The average molecular weight is 489 g/mol. The maximum atomic E-state index is 10.6. The van der Waals surface area contributed by atoms with Gasteiger partial charge in [0.25, 0.3) is 0 Å². The summed E-state index contributed by atoms with van der Waals surface area (Å²) in [6.07, 6.45) is 6.32. The molecule has 2 aromatic heterocycles. The number of hydrogen-bond acceptors (Lipinski definition) is 5. The Labute approximate surface area is 176 Å². The highest BCUT2D eigenvalue weighted by Gasteiger charge is 2.26. The second-order valence-electron chi connectivity index (χ2n) is 6.69. The van der Waals surface area contributed by atoms with Crippen LogP contribution in [-0.4, -0.2) is 43.4 Å². The van der Waals surface area contributed by atoms with E-state index in [2.05, 4.69) is 15.6 Å². The van der Waals surface area contributed by atoms with Crippen LogP contribution in [0.2, 0.25) is 0 Å². The Hall–Kier alpha value is -1.52. The maximum absolute atomic E-state index is 10.6. The molecular formula is C19H28IN3O4. The second-order valence-corrected chi connectivity index (χ2v) is 6.69. The zero-order chi connectivity index (χ0) is 18.2. The van der Waals surface area contributed by atoms with E-state index in [1.807, 2.05) is 12.1 Å². The fourth-order valence-electron chi connectivity index (χ4n) is 2.85. The van der Waals surface area contributed by atoms with Gasteiger partial charge in [0.15, 0.2) is 5.96 Å². The summed E-state index contributed by atoms with van der Waals surface area (Å²) in [5.41, 5.74) is -1.16. The molecule has 0 spiro atoms. The number of guanidine groups is 1. The number of nitrogens with one attached hydrogen (secondary N) is 2. The number of ether oxygens (including phenoxy) is 1. The lowest BCUT2D eigenvalue weighted by molar-refractivity contribution is 0.0436. The van der Waals surface area contributed by atoms with Crippen LogP contribution in [-0.2, 0) is 16.8 Å². The van der Waals surface area contributed by atoms with Gasteiger partial charge in [0, 0.05) is 26.1 Å². The van der Waals surface area contributed by atoms with E-state index in [-0.39, 0.29) is 36.6 Å². The summed E-state index contributed by atoms with van der Waals surface area (Å²) in [4.78, 5) is 4.53. The van der Waals surface area contributed by atoms with E-state index in [1.165, 1.54) is 0 Å². The van der Waals surface area contributed by atoms with E-state index in [9.17, 15) is 5.11 Å². The van der Waals surface area contributed by atoms with Gasteiger partial charge in [-0.2, -0.15) is 0 Å². The van der Waals surface area contributed by atoms with E-state index in [0.29, 0.717) is 24.8 Å². The molecule has 0 saturated carbocycles. The molecule has 3 N–H and O–H groups in total. The molecule has 8 heteroatoms. The largest absolute Gasteiger partial charge is 0.469 e. The molecule has 2 unspecified atom stereocenters. The lowest BCUT2D eigenvalue weighted by Crippen LogP contribution is -2.42. The van der Waals surface area contributed by atoms with Crippen molar-refractivity contribution in [3.05, 3.63) is 48.3 Å². The molecule has 1 aliphatic heterocycles. The molecule has 2 atom stereocenters. The van der Waals surface area contributed by atoms with Gasteiger partial charge in [0.1, 0.15) is 17.1 Å². The van der Waals surface area contributed by atoms with Crippen LogP contribution in [0.25, 0.3) is 0 Å². The first-order valence-electron chi connectivity index (χ1n) is 9.06. The zero-order valence-corrected chi connectivity index (χ0v) is 17.8. The monoisotopic (exact) mass is 489 g/mol. The van der Waals surface area contributed by atoms with Crippen molar-refractivity contribution in [2.75, 3.05) is 26.2 Å². The molecule has 1 aliphatic rings. The van der Waals surface area contributed by atoms with Crippen molar-refractivity contribution in [3.8, 4) is 0 Å². The summed E-state index contributed by atoms with van der Waals surface area (Å²) in [5.74, 6) is 2.05. The molecule has 3 rings (SSSR count). The predicted molar refractivity (Wildman–Crippen MR) is 113 cm³/mol. The van der Waals surface area contributed by atoms with Crippen molar-refractivity contribution < 1.29 is 18.7 Å². The Bertz CT molecular complexity index is 665. The molecule has 3 heterocycles. The molecule has 1 fully saturated rings. The third-order valence-electron chi connectivity index (χ3n) is 4.36. The molecule has 7 nitrogen and oxygen atoms in total. The van der Waals surface area contributed by atoms with Crippen LogP contribution in [0.4, 0.5) is 0 Å². The van der Waals surface area contributed by atoms with Gasteiger partial charge in [-0.25, -0.2) is 4.99 Å². The van der Waals surface area contributed by atoms with E-state index in [1.54, 1.807) is 31.6 Å². The predicted octanol–water partition coefficient (Wildman–Crippen LogP) is 2.66. The van der Waals surface area contributed by atoms with Gasteiger partial charge < -0.3 is 29.3 Å². The Kier molecular flexibility index (Phi) is 8.65. The molecular weight excluding hydrogens is 461 g/mol. The zero-order valence-electron chi connectivity index (χ0n) is 15.5. The third kappa shape index (κ3) is 6.86. The van der Waals surface area contributed by atoms with Gasteiger partial charge >= 0.3 is 0 Å². The summed E-state index contributed by atoms with van der Waals surface area (Å²) in [6, 6.07) is 7.33. The minimum absolute atomic E-state index is 0. The van der Waals surface area contributed by atoms with Crippen LogP contribution >= 0.6 is 24.0 Å². The summed E-state index contributed by atoms with van der Waals surface area (Å²) < 4.78 is 16.3. The number of nitrogens with zero attached hydrogens (tertiary/aromatic N) is 1. The fraction of sp³-hybridized carbons (Fsp3) is 0.526. The van der Waals surface area contributed by atoms with E-state index in [4.69, 9.17) is 13.6 Å². The Balaban J connectivity index is 0.00000261. The van der Waals surface area contributed by atoms with Gasteiger partial charge in [0.05, 0.1) is 25.2 Å². The minimum atomic E-state index is -1.16. The number of aliphatic hydroxyl groups is 1. The normalized spacial score (nSPS) is 19.3. The van der Waals surface area contributed by atoms with E-state index >= 15 is 0 Å². The smallest absolute Gasteiger partial charge is 0.191 e. The number of hydrogen-bond donors (Lipinski definition) is 3. The van der Waals surface area contributed by atoms with Crippen molar-refractivity contribution in [2.45, 2.75) is 37.9 Å². The maximum Gasteiger partial charge on any atom is 0.191 e. The summed E-state index contributed by atoms with van der Waals surface area (Å²) in [7, 11) is 0. The van der Waals surface area contributed by atoms with Crippen molar-refractivity contribution in [1.82, 2.24) is 10.6 Å². The Morgan fingerprint density at radius 2 is 2.07 bits per heavy atom. The first kappa shape index (κ1) is 21.8. The summed E-state index contributed by atoms with van der Waals surface area (Å²) >= 11 is 0. The van der Waals surface area contributed by atoms with Crippen molar-refractivity contribution in [2.24, 2.45) is 4.99 Å². The summed E-state index contributed by atoms with van der Waals surface area (Å²) in [5, 5.41) is 17.2. The van der Waals surface area contributed by atoms with Crippen LogP contribution in [0.15, 0.2) is 50.6 Å². The molecule has 0 amide bonds. The van der Waals surface area contributed by atoms with Gasteiger partial charge in [0.2, 0.25) is 0 Å². The summed E-state index contributed by atoms with van der Waals surface area (Å²) in [6.45, 7) is 4.05. The first-order valence-corrected chi connectivity index (χ1v) is 9.06. The Morgan fingerprint density at radius 1 is 1.26 bits per heavy atom. The average Bonchev–Trinajstić information content (AvgIpc) is 3.40. The van der Waals surface area contributed by atoms with Crippen LogP contribution in [0.5, 0.6) is 0 Å². The topological polar surface area (TPSA) is 92.2 Å². The number of aliphatic imine (C=N–C) groups is 1. The molecule has 27 heavy (non-hydrogen) atoms. The highest BCUT2D eigenvalue weighted by atomic mass is 127.